The van der Waals surface area contributed by atoms with Crippen LogP contribution in [0, 0.1) is 5.92 Å². The van der Waals surface area contributed by atoms with Crippen LogP contribution < -0.4 is 16.0 Å². The van der Waals surface area contributed by atoms with Crippen molar-refractivity contribution in [2.45, 2.75) is 64.5 Å². The quantitative estimate of drug-likeness (QED) is 0.305. The summed E-state index contributed by atoms with van der Waals surface area (Å²) in [7, 11) is 1.73. The Morgan fingerprint density at radius 2 is 2.08 bits per heavy atom. The molecule has 1 aromatic rings. The minimum Gasteiger partial charge on any atom is -0.467 e. The predicted molar refractivity (Wildman–Crippen MR) is 116 cm³/mol. The second-order valence-electron chi connectivity index (χ2n) is 6.91. The van der Waals surface area contributed by atoms with Crippen LogP contribution in [-0.2, 0) is 11.3 Å². The number of aliphatic imine (C=N–C) groups is 1. The van der Waals surface area contributed by atoms with Crippen LogP contribution in [0.25, 0.3) is 0 Å². The Hall–Kier alpha value is -1.25. The SMILES string of the molecule is CN=C(NCC(=O)NCc1ccco1)NC(C)CCC1CCCCC1.I. The molecule has 0 radical (unpaired) electrons. The van der Waals surface area contributed by atoms with Crippen molar-refractivity contribution < 1.29 is 9.21 Å². The fraction of sp³-hybridized carbons (Fsp3) is 0.684. The maximum atomic E-state index is 11.9. The van der Waals surface area contributed by atoms with Crippen molar-refractivity contribution in [2.24, 2.45) is 10.9 Å². The number of carbonyl (C=O) groups excluding carboxylic acids is 1. The van der Waals surface area contributed by atoms with E-state index in [0.717, 1.165) is 18.1 Å². The topological polar surface area (TPSA) is 78.7 Å². The van der Waals surface area contributed by atoms with E-state index in [1.54, 1.807) is 19.4 Å². The first-order valence-electron chi connectivity index (χ1n) is 9.43. The van der Waals surface area contributed by atoms with E-state index in [1.165, 1.54) is 38.5 Å². The monoisotopic (exact) mass is 476 g/mol. The Kier molecular flexibility index (Phi) is 11.4. The molecule has 1 aliphatic rings. The van der Waals surface area contributed by atoms with Gasteiger partial charge in [-0.25, -0.2) is 0 Å². The molecule has 1 fully saturated rings. The second-order valence-corrected chi connectivity index (χ2v) is 6.91. The Labute approximate surface area is 174 Å². The summed E-state index contributed by atoms with van der Waals surface area (Å²) in [5.41, 5.74) is 0. The number of guanidine groups is 1. The molecule has 7 heteroatoms. The van der Waals surface area contributed by atoms with Gasteiger partial charge >= 0.3 is 0 Å². The molecule has 148 valence electrons. The zero-order valence-corrected chi connectivity index (χ0v) is 18.3. The fourth-order valence-corrected chi connectivity index (χ4v) is 3.29. The summed E-state index contributed by atoms with van der Waals surface area (Å²) in [6, 6.07) is 3.99. The molecule has 1 heterocycles. The third kappa shape index (κ3) is 8.91. The van der Waals surface area contributed by atoms with Crippen LogP contribution in [0.4, 0.5) is 0 Å². The highest BCUT2D eigenvalue weighted by Gasteiger charge is 2.15. The molecule has 1 atom stereocenters. The number of halogens is 1. The molecular weight excluding hydrogens is 443 g/mol. The van der Waals surface area contributed by atoms with E-state index >= 15 is 0 Å². The van der Waals surface area contributed by atoms with Gasteiger partial charge in [0.05, 0.1) is 19.4 Å². The first-order valence-corrected chi connectivity index (χ1v) is 9.43. The van der Waals surface area contributed by atoms with E-state index in [9.17, 15) is 4.79 Å². The van der Waals surface area contributed by atoms with Gasteiger partial charge in [-0.1, -0.05) is 32.1 Å². The molecule has 1 unspecified atom stereocenters. The standard InChI is InChI=1S/C19H32N4O2.HI/c1-15(10-11-16-7-4-3-5-8-16)23-19(20-2)22-14-18(24)21-13-17-9-6-12-25-17;/h6,9,12,15-16H,3-5,7-8,10-11,13-14H2,1-2H3,(H,21,24)(H2,20,22,23);1H. The lowest BCUT2D eigenvalue weighted by Crippen LogP contribution is -2.46. The van der Waals surface area contributed by atoms with Crippen molar-refractivity contribution in [3.05, 3.63) is 24.2 Å². The van der Waals surface area contributed by atoms with Crippen molar-refractivity contribution in [3.63, 3.8) is 0 Å². The Bertz CT molecular complexity index is 528. The third-order valence-electron chi connectivity index (χ3n) is 4.80. The Morgan fingerprint density at radius 1 is 1.31 bits per heavy atom. The average molecular weight is 476 g/mol. The summed E-state index contributed by atoms with van der Waals surface area (Å²) in [6.45, 7) is 2.76. The number of nitrogens with zero attached hydrogens (tertiary/aromatic N) is 1. The molecule has 1 amide bonds. The molecule has 0 aromatic carbocycles. The smallest absolute Gasteiger partial charge is 0.239 e. The lowest BCUT2D eigenvalue weighted by molar-refractivity contribution is -0.120. The minimum atomic E-state index is -0.0887. The summed E-state index contributed by atoms with van der Waals surface area (Å²) in [5, 5.41) is 9.24. The van der Waals surface area contributed by atoms with E-state index in [4.69, 9.17) is 4.42 Å². The molecule has 0 aliphatic heterocycles. The van der Waals surface area contributed by atoms with Crippen molar-refractivity contribution >= 4 is 35.8 Å². The normalized spacial score (nSPS) is 16.5. The van der Waals surface area contributed by atoms with E-state index in [1.807, 2.05) is 6.07 Å². The highest BCUT2D eigenvalue weighted by molar-refractivity contribution is 14.0. The number of rotatable bonds is 8. The third-order valence-corrected chi connectivity index (χ3v) is 4.80. The van der Waals surface area contributed by atoms with E-state index < -0.39 is 0 Å². The summed E-state index contributed by atoms with van der Waals surface area (Å²) >= 11 is 0. The van der Waals surface area contributed by atoms with Crippen LogP contribution >= 0.6 is 24.0 Å². The lowest BCUT2D eigenvalue weighted by Gasteiger charge is -2.24. The van der Waals surface area contributed by atoms with Gasteiger partial charge in [-0.05, 0) is 37.8 Å². The summed E-state index contributed by atoms with van der Waals surface area (Å²) in [6.07, 6.45) is 11.0. The summed E-state index contributed by atoms with van der Waals surface area (Å²) in [5.74, 6) is 2.21. The van der Waals surface area contributed by atoms with Crippen LogP contribution in [-0.4, -0.2) is 31.5 Å². The van der Waals surface area contributed by atoms with Crippen molar-refractivity contribution in [1.29, 1.82) is 0 Å². The maximum absolute atomic E-state index is 11.9. The van der Waals surface area contributed by atoms with Crippen LogP contribution in [0.15, 0.2) is 27.8 Å². The zero-order valence-electron chi connectivity index (χ0n) is 15.9. The first-order chi connectivity index (χ1) is 12.2. The van der Waals surface area contributed by atoms with E-state index in [-0.39, 0.29) is 36.4 Å². The number of hydrogen-bond donors (Lipinski definition) is 3. The molecule has 1 aromatic heterocycles. The molecule has 0 spiro atoms. The largest absolute Gasteiger partial charge is 0.467 e. The van der Waals surface area contributed by atoms with Crippen molar-refractivity contribution in [1.82, 2.24) is 16.0 Å². The Morgan fingerprint density at radius 3 is 2.73 bits per heavy atom. The summed E-state index contributed by atoms with van der Waals surface area (Å²) < 4.78 is 5.19. The molecule has 2 rings (SSSR count). The molecule has 3 N–H and O–H groups in total. The van der Waals surface area contributed by atoms with Gasteiger partial charge in [0, 0.05) is 13.1 Å². The number of hydrogen-bond acceptors (Lipinski definition) is 3. The van der Waals surface area contributed by atoms with Crippen LogP contribution in [0.2, 0.25) is 0 Å². The van der Waals surface area contributed by atoms with E-state index in [2.05, 4.69) is 27.9 Å². The molecular formula is C19H33IN4O2. The van der Waals surface area contributed by atoms with Crippen molar-refractivity contribution in [2.75, 3.05) is 13.6 Å². The Balaban J connectivity index is 0.00000338. The molecule has 1 saturated carbocycles. The number of amides is 1. The van der Waals surface area contributed by atoms with Gasteiger partial charge in [-0.15, -0.1) is 24.0 Å². The lowest BCUT2D eigenvalue weighted by atomic mass is 9.85. The fourth-order valence-electron chi connectivity index (χ4n) is 3.29. The van der Waals surface area contributed by atoms with Gasteiger partial charge in [0.1, 0.15) is 5.76 Å². The van der Waals surface area contributed by atoms with Gasteiger partial charge in [-0.2, -0.15) is 0 Å². The van der Waals surface area contributed by atoms with Gasteiger partial charge < -0.3 is 20.4 Å². The van der Waals surface area contributed by atoms with Gasteiger partial charge in [0.2, 0.25) is 5.91 Å². The number of nitrogens with one attached hydrogen (secondary N) is 3. The van der Waals surface area contributed by atoms with E-state index in [0.29, 0.717) is 18.5 Å². The second kappa shape index (κ2) is 13.0. The number of carbonyl (C=O) groups is 1. The first kappa shape index (κ1) is 22.8. The highest BCUT2D eigenvalue weighted by atomic mass is 127. The molecule has 0 bridgehead atoms. The molecule has 1 aliphatic carbocycles. The molecule has 6 nitrogen and oxygen atoms in total. The van der Waals surface area contributed by atoms with Gasteiger partial charge in [0.25, 0.3) is 0 Å². The van der Waals surface area contributed by atoms with Gasteiger partial charge in [0.15, 0.2) is 5.96 Å². The zero-order chi connectivity index (χ0) is 17.9. The minimum absolute atomic E-state index is 0. The number of furan rings is 1. The molecule has 26 heavy (non-hydrogen) atoms. The predicted octanol–water partition coefficient (Wildman–Crippen LogP) is 3.43. The van der Waals surface area contributed by atoms with Crippen LogP contribution in [0.3, 0.4) is 0 Å². The highest BCUT2D eigenvalue weighted by Crippen LogP contribution is 2.27. The average Bonchev–Trinajstić information content (AvgIpc) is 3.16. The summed E-state index contributed by atoms with van der Waals surface area (Å²) in [4.78, 5) is 16.1. The molecule has 0 saturated heterocycles. The van der Waals surface area contributed by atoms with Gasteiger partial charge in [-0.3, -0.25) is 9.79 Å². The van der Waals surface area contributed by atoms with Crippen LogP contribution in [0.1, 0.15) is 57.6 Å². The van der Waals surface area contributed by atoms with Crippen molar-refractivity contribution in [3.8, 4) is 0 Å². The van der Waals surface area contributed by atoms with Crippen LogP contribution in [0.5, 0.6) is 0 Å². The maximum Gasteiger partial charge on any atom is 0.239 e.